The van der Waals surface area contributed by atoms with Gasteiger partial charge in [-0.15, -0.1) is 12.4 Å². The maximum atomic E-state index is 12.0. The molecule has 0 bridgehead atoms. The minimum Gasteiger partial charge on any atom is -0.353 e. The van der Waals surface area contributed by atoms with Crippen LogP contribution < -0.4 is 10.6 Å². The molecule has 1 aliphatic heterocycles. The van der Waals surface area contributed by atoms with Crippen molar-refractivity contribution in [3.63, 3.8) is 0 Å². The van der Waals surface area contributed by atoms with E-state index in [9.17, 15) is 4.79 Å². The molecular formula is C13H25ClN2O. The van der Waals surface area contributed by atoms with E-state index >= 15 is 0 Å². The van der Waals surface area contributed by atoms with E-state index in [1.807, 2.05) is 0 Å². The van der Waals surface area contributed by atoms with Gasteiger partial charge in [-0.05, 0) is 31.7 Å². The van der Waals surface area contributed by atoms with Crippen LogP contribution in [0.3, 0.4) is 0 Å². The number of hydrogen-bond acceptors (Lipinski definition) is 2. The second kappa shape index (κ2) is 7.22. The zero-order valence-electron chi connectivity index (χ0n) is 10.7. The van der Waals surface area contributed by atoms with E-state index in [-0.39, 0.29) is 24.2 Å². The van der Waals surface area contributed by atoms with E-state index < -0.39 is 0 Å². The van der Waals surface area contributed by atoms with E-state index in [0.717, 1.165) is 19.5 Å². The van der Waals surface area contributed by atoms with Gasteiger partial charge in [0.05, 0.1) is 5.92 Å². The molecule has 0 radical (unpaired) electrons. The number of hydrogen-bond donors (Lipinski definition) is 2. The monoisotopic (exact) mass is 260 g/mol. The molecule has 2 rings (SSSR count). The van der Waals surface area contributed by atoms with Crippen LogP contribution in [0.1, 0.15) is 45.4 Å². The molecule has 3 nitrogen and oxygen atoms in total. The Morgan fingerprint density at radius 3 is 2.71 bits per heavy atom. The first-order valence-electron chi connectivity index (χ1n) is 6.82. The van der Waals surface area contributed by atoms with Crippen molar-refractivity contribution < 1.29 is 4.79 Å². The Morgan fingerprint density at radius 1 is 1.29 bits per heavy atom. The lowest BCUT2D eigenvalue weighted by molar-refractivity contribution is -0.125. The Kier molecular flexibility index (Phi) is 6.28. The normalized spacial score (nSPS) is 32.9. The zero-order chi connectivity index (χ0) is 11.4. The van der Waals surface area contributed by atoms with Crippen molar-refractivity contribution in [2.75, 3.05) is 13.1 Å². The first-order valence-corrected chi connectivity index (χ1v) is 6.82. The minimum absolute atomic E-state index is 0. The summed E-state index contributed by atoms with van der Waals surface area (Å²) in [6, 6.07) is 0.451. The highest BCUT2D eigenvalue weighted by atomic mass is 35.5. The van der Waals surface area contributed by atoms with Crippen LogP contribution >= 0.6 is 12.4 Å². The van der Waals surface area contributed by atoms with Gasteiger partial charge in [-0.1, -0.05) is 26.2 Å². The quantitative estimate of drug-likeness (QED) is 0.816. The molecule has 1 saturated heterocycles. The molecule has 0 aromatic carbocycles. The van der Waals surface area contributed by atoms with E-state index in [1.165, 1.54) is 32.1 Å². The fourth-order valence-corrected chi connectivity index (χ4v) is 3.07. The molecule has 4 heteroatoms. The second-order valence-corrected chi connectivity index (χ2v) is 5.26. The van der Waals surface area contributed by atoms with Gasteiger partial charge in [-0.2, -0.15) is 0 Å². The maximum absolute atomic E-state index is 12.0. The van der Waals surface area contributed by atoms with Gasteiger partial charge in [0.1, 0.15) is 0 Å². The Balaban J connectivity index is 0.00000144. The molecule has 0 aromatic heterocycles. The summed E-state index contributed by atoms with van der Waals surface area (Å²) in [6.45, 7) is 4.11. The molecule has 1 heterocycles. The van der Waals surface area contributed by atoms with Crippen LogP contribution in [0, 0.1) is 11.8 Å². The number of carbonyl (C=O) groups excluding carboxylic acids is 1. The van der Waals surface area contributed by atoms with E-state index in [4.69, 9.17) is 0 Å². The maximum Gasteiger partial charge on any atom is 0.224 e. The molecule has 17 heavy (non-hydrogen) atoms. The molecule has 1 amide bonds. The molecule has 2 aliphatic rings. The molecule has 0 spiro atoms. The van der Waals surface area contributed by atoms with E-state index in [1.54, 1.807) is 0 Å². The summed E-state index contributed by atoms with van der Waals surface area (Å²) in [6.07, 6.45) is 7.32. The van der Waals surface area contributed by atoms with Gasteiger partial charge < -0.3 is 10.6 Å². The molecule has 3 atom stereocenters. The summed E-state index contributed by atoms with van der Waals surface area (Å²) in [4.78, 5) is 12.0. The molecule has 2 N–H and O–H groups in total. The summed E-state index contributed by atoms with van der Waals surface area (Å²) in [7, 11) is 0. The standard InChI is InChI=1S/C13H24N2O.ClH/c1-2-10-5-3-4-6-12(10)15-13(16)11-7-8-14-9-11;/h10-12,14H,2-9H2,1H3,(H,15,16);1H. The van der Waals surface area contributed by atoms with Crippen LogP contribution in [0.15, 0.2) is 0 Å². The number of halogens is 1. The molecule has 0 aromatic rings. The predicted molar refractivity (Wildman–Crippen MR) is 72.4 cm³/mol. The van der Waals surface area contributed by atoms with E-state index in [0.29, 0.717) is 12.0 Å². The summed E-state index contributed by atoms with van der Waals surface area (Å²) >= 11 is 0. The number of rotatable bonds is 3. The Morgan fingerprint density at radius 2 is 2.06 bits per heavy atom. The number of amides is 1. The molecule has 2 fully saturated rings. The topological polar surface area (TPSA) is 41.1 Å². The lowest BCUT2D eigenvalue weighted by Gasteiger charge is -2.32. The lowest BCUT2D eigenvalue weighted by atomic mass is 9.82. The van der Waals surface area contributed by atoms with Gasteiger partial charge in [-0.3, -0.25) is 4.79 Å². The molecule has 1 aliphatic carbocycles. The van der Waals surface area contributed by atoms with Crippen molar-refractivity contribution in [2.45, 2.75) is 51.5 Å². The number of nitrogens with one attached hydrogen (secondary N) is 2. The van der Waals surface area contributed by atoms with Gasteiger partial charge >= 0.3 is 0 Å². The van der Waals surface area contributed by atoms with Crippen molar-refractivity contribution >= 4 is 18.3 Å². The summed E-state index contributed by atoms with van der Waals surface area (Å²) < 4.78 is 0. The number of carbonyl (C=O) groups is 1. The smallest absolute Gasteiger partial charge is 0.224 e. The first-order chi connectivity index (χ1) is 7.81. The lowest BCUT2D eigenvalue weighted by Crippen LogP contribution is -2.44. The average molecular weight is 261 g/mol. The fourth-order valence-electron chi connectivity index (χ4n) is 3.07. The summed E-state index contributed by atoms with van der Waals surface area (Å²) in [5.41, 5.74) is 0. The van der Waals surface area contributed by atoms with Crippen molar-refractivity contribution in [3.8, 4) is 0 Å². The first kappa shape index (κ1) is 14.8. The van der Waals surface area contributed by atoms with Crippen LogP contribution in [-0.4, -0.2) is 25.0 Å². The largest absolute Gasteiger partial charge is 0.353 e. The summed E-state index contributed by atoms with van der Waals surface area (Å²) in [5, 5.41) is 6.54. The third-order valence-electron chi connectivity index (χ3n) is 4.19. The molecule has 1 saturated carbocycles. The Hall–Kier alpha value is -0.280. The van der Waals surface area contributed by atoms with Gasteiger partial charge in [-0.25, -0.2) is 0 Å². The van der Waals surface area contributed by atoms with Crippen molar-refractivity contribution in [2.24, 2.45) is 11.8 Å². The van der Waals surface area contributed by atoms with Crippen molar-refractivity contribution in [3.05, 3.63) is 0 Å². The highest BCUT2D eigenvalue weighted by molar-refractivity contribution is 5.85. The van der Waals surface area contributed by atoms with Crippen LogP contribution in [0.5, 0.6) is 0 Å². The van der Waals surface area contributed by atoms with Crippen LogP contribution in [0.4, 0.5) is 0 Å². The van der Waals surface area contributed by atoms with Crippen LogP contribution in [-0.2, 0) is 4.79 Å². The summed E-state index contributed by atoms with van der Waals surface area (Å²) in [5.74, 6) is 1.22. The third kappa shape index (κ3) is 3.85. The van der Waals surface area contributed by atoms with Gasteiger partial charge in [0.2, 0.25) is 5.91 Å². The highest BCUT2D eigenvalue weighted by Crippen LogP contribution is 2.27. The van der Waals surface area contributed by atoms with E-state index in [2.05, 4.69) is 17.6 Å². The molecular weight excluding hydrogens is 236 g/mol. The van der Waals surface area contributed by atoms with Crippen molar-refractivity contribution in [1.29, 1.82) is 0 Å². The third-order valence-corrected chi connectivity index (χ3v) is 4.19. The predicted octanol–water partition coefficient (Wildman–Crippen LogP) is 2.10. The highest BCUT2D eigenvalue weighted by Gasteiger charge is 2.28. The molecule has 100 valence electrons. The fraction of sp³-hybridized carbons (Fsp3) is 0.923. The molecule has 3 unspecified atom stereocenters. The van der Waals surface area contributed by atoms with Gasteiger partial charge in [0.15, 0.2) is 0 Å². The Bertz CT molecular complexity index is 242. The average Bonchev–Trinajstić information content (AvgIpc) is 2.83. The zero-order valence-corrected chi connectivity index (χ0v) is 11.5. The van der Waals surface area contributed by atoms with Gasteiger partial charge in [0, 0.05) is 12.6 Å². The van der Waals surface area contributed by atoms with Crippen LogP contribution in [0.25, 0.3) is 0 Å². The Labute approximate surface area is 111 Å². The van der Waals surface area contributed by atoms with Crippen molar-refractivity contribution in [1.82, 2.24) is 10.6 Å². The van der Waals surface area contributed by atoms with Crippen LogP contribution in [0.2, 0.25) is 0 Å². The minimum atomic E-state index is 0. The second-order valence-electron chi connectivity index (χ2n) is 5.26. The SMILES string of the molecule is CCC1CCCCC1NC(=O)C1CCNC1.Cl. The van der Waals surface area contributed by atoms with Gasteiger partial charge in [0.25, 0.3) is 0 Å².